The topological polar surface area (TPSA) is 40.6 Å². The molecule has 1 saturated heterocycles. The zero-order valence-corrected chi connectivity index (χ0v) is 10.8. The van der Waals surface area contributed by atoms with Crippen LogP contribution in [-0.2, 0) is 4.79 Å². The maximum atomic E-state index is 12.2. The zero-order valence-electron chi connectivity index (χ0n) is 10.8. The van der Waals surface area contributed by atoms with Crippen molar-refractivity contribution in [3.05, 3.63) is 35.9 Å². The molecule has 0 spiro atoms. The second-order valence-electron chi connectivity index (χ2n) is 4.68. The van der Waals surface area contributed by atoms with Crippen molar-refractivity contribution < 1.29 is 9.59 Å². The van der Waals surface area contributed by atoms with Gasteiger partial charge in [-0.05, 0) is 19.1 Å². The fourth-order valence-electron chi connectivity index (χ4n) is 2.37. The summed E-state index contributed by atoms with van der Waals surface area (Å²) in [6, 6.07) is 9.36. The van der Waals surface area contributed by atoms with Gasteiger partial charge >= 0.3 is 0 Å². The van der Waals surface area contributed by atoms with Crippen LogP contribution in [0, 0.1) is 0 Å². The number of hydrogen-bond donors (Lipinski definition) is 0. The molecule has 0 saturated carbocycles. The molecule has 0 N–H and O–H groups in total. The van der Waals surface area contributed by atoms with Gasteiger partial charge in [0.05, 0.1) is 0 Å². The standard InChI is InChI=1S/C14H18N2O2/c1-11-10-15(8-9-16(11)12(2)17)14(18)13-6-4-3-5-7-13/h3-7,11H,8-10H2,1-2H3. The lowest BCUT2D eigenvalue weighted by atomic mass is 10.1. The summed E-state index contributed by atoms with van der Waals surface area (Å²) in [5, 5.41) is 0. The number of carbonyl (C=O) groups excluding carboxylic acids is 2. The Bertz CT molecular complexity index is 444. The summed E-state index contributed by atoms with van der Waals surface area (Å²) >= 11 is 0. The summed E-state index contributed by atoms with van der Waals surface area (Å²) in [4.78, 5) is 27.3. The molecule has 1 unspecified atom stereocenters. The van der Waals surface area contributed by atoms with E-state index in [1.165, 1.54) is 0 Å². The quantitative estimate of drug-likeness (QED) is 0.751. The average Bonchev–Trinajstić information content (AvgIpc) is 2.38. The highest BCUT2D eigenvalue weighted by molar-refractivity contribution is 5.94. The Balaban J connectivity index is 2.05. The Kier molecular flexibility index (Phi) is 3.65. The molecular weight excluding hydrogens is 228 g/mol. The molecule has 0 bridgehead atoms. The van der Waals surface area contributed by atoms with Gasteiger partial charge in [0, 0.05) is 38.2 Å². The molecule has 0 aliphatic carbocycles. The summed E-state index contributed by atoms with van der Waals surface area (Å²) in [6.07, 6.45) is 0. The van der Waals surface area contributed by atoms with Gasteiger partial charge in [0.1, 0.15) is 0 Å². The van der Waals surface area contributed by atoms with E-state index in [0.29, 0.717) is 25.2 Å². The number of hydrogen-bond acceptors (Lipinski definition) is 2. The first kappa shape index (κ1) is 12.6. The van der Waals surface area contributed by atoms with Gasteiger partial charge in [0.2, 0.25) is 5.91 Å². The number of carbonyl (C=O) groups is 2. The molecule has 1 aromatic carbocycles. The summed E-state index contributed by atoms with van der Waals surface area (Å²) in [5.41, 5.74) is 0.709. The van der Waals surface area contributed by atoms with Crippen molar-refractivity contribution in [1.29, 1.82) is 0 Å². The molecule has 1 aromatic rings. The maximum absolute atomic E-state index is 12.2. The highest BCUT2D eigenvalue weighted by Crippen LogP contribution is 2.13. The molecule has 0 aromatic heterocycles. The predicted octanol–water partition coefficient (Wildman–Crippen LogP) is 1.38. The van der Waals surface area contributed by atoms with Crippen LogP contribution in [0.25, 0.3) is 0 Å². The monoisotopic (exact) mass is 246 g/mol. The van der Waals surface area contributed by atoms with Crippen LogP contribution in [0.5, 0.6) is 0 Å². The van der Waals surface area contributed by atoms with E-state index < -0.39 is 0 Å². The molecule has 1 aliphatic rings. The second kappa shape index (κ2) is 5.21. The molecule has 1 atom stereocenters. The Morgan fingerprint density at radius 3 is 2.39 bits per heavy atom. The second-order valence-corrected chi connectivity index (χ2v) is 4.68. The molecule has 2 rings (SSSR count). The summed E-state index contributed by atoms with van der Waals surface area (Å²) in [6.45, 7) is 5.39. The first-order chi connectivity index (χ1) is 8.59. The van der Waals surface area contributed by atoms with E-state index in [4.69, 9.17) is 0 Å². The van der Waals surface area contributed by atoms with Gasteiger partial charge in [-0.1, -0.05) is 18.2 Å². The van der Waals surface area contributed by atoms with E-state index in [2.05, 4.69) is 0 Å². The van der Waals surface area contributed by atoms with Gasteiger partial charge < -0.3 is 9.80 Å². The molecule has 18 heavy (non-hydrogen) atoms. The molecule has 96 valence electrons. The van der Waals surface area contributed by atoms with Crippen LogP contribution in [0.1, 0.15) is 24.2 Å². The maximum Gasteiger partial charge on any atom is 0.253 e. The van der Waals surface area contributed by atoms with Gasteiger partial charge in [-0.25, -0.2) is 0 Å². The smallest absolute Gasteiger partial charge is 0.253 e. The number of benzene rings is 1. The Hall–Kier alpha value is -1.84. The lowest BCUT2D eigenvalue weighted by molar-refractivity contribution is -0.132. The van der Waals surface area contributed by atoms with Crippen molar-refractivity contribution >= 4 is 11.8 Å². The molecule has 4 nitrogen and oxygen atoms in total. The van der Waals surface area contributed by atoms with E-state index in [1.54, 1.807) is 6.92 Å². The Morgan fingerprint density at radius 2 is 1.83 bits per heavy atom. The summed E-state index contributed by atoms with van der Waals surface area (Å²) < 4.78 is 0. The van der Waals surface area contributed by atoms with E-state index in [0.717, 1.165) is 0 Å². The van der Waals surface area contributed by atoms with Crippen LogP contribution in [-0.4, -0.2) is 47.3 Å². The van der Waals surface area contributed by atoms with Crippen LogP contribution in [0.3, 0.4) is 0 Å². The van der Waals surface area contributed by atoms with E-state index in [1.807, 2.05) is 47.1 Å². The van der Waals surface area contributed by atoms with Gasteiger partial charge in [-0.15, -0.1) is 0 Å². The van der Waals surface area contributed by atoms with Crippen molar-refractivity contribution in [2.75, 3.05) is 19.6 Å². The zero-order chi connectivity index (χ0) is 13.1. The Morgan fingerprint density at radius 1 is 1.17 bits per heavy atom. The third-order valence-electron chi connectivity index (χ3n) is 3.34. The highest BCUT2D eigenvalue weighted by Gasteiger charge is 2.28. The van der Waals surface area contributed by atoms with Crippen molar-refractivity contribution in [1.82, 2.24) is 9.80 Å². The van der Waals surface area contributed by atoms with Crippen molar-refractivity contribution in [2.45, 2.75) is 19.9 Å². The van der Waals surface area contributed by atoms with Gasteiger partial charge in [-0.3, -0.25) is 9.59 Å². The number of rotatable bonds is 1. The van der Waals surface area contributed by atoms with Gasteiger partial charge in [-0.2, -0.15) is 0 Å². The number of piperazine rings is 1. The van der Waals surface area contributed by atoms with Crippen molar-refractivity contribution in [3.63, 3.8) is 0 Å². The lowest BCUT2D eigenvalue weighted by Crippen LogP contribution is -2.54. The fourth-order valence-corrected chi connectivity index (χ4v) is 2.37. The van der Waals surface area contributed by atoms with Gasteiger partial charge in [0.15, 0.2) is 0 Å². The predicted molar refractivity (Wildman–Crippen MR) is 69.2 cm³/mol. The third kappa shape index (κ3) is 2.53. The first-order valence-electron chi connectivity index (χ1n) is 6.21. The molecule has 1 heterocycles. The normalized spacial score (nSPS) is 19.8. The van der Waals surface area contributed by atoms with Gasteiger partial charge in [0.25, 0.3) is 5.91 Å². The summed E-state index contributed by atoms with van der Waals surface area (Å²) in [5.74, 6) is 0.125. The SMILES string of the molecule is CC(=O)N1CCN(C(=O)c2ccccc2)CC1C. The fraction of sp³-hybridized carbons (Fsp3) is 0.429. The number of amides is 2. The van der Waals surface area contributed by atoms with E-state index in [-0.39, 0.29) is 17.9 Å². The minimum Gasteiger partial charge on any atom is -0.337 e. The van der Waals surface area contributed by atoms with Crippen LogP contribution in [0.2, 0.25) is 0 Å². The van der Waals surface area contributed by atoms with E-state index >= 15 is 0 Å². The molecule has 4 heteroatoms. The van der Waals surface area contributed by atoms with Crippen molar-refractivity contribution in [2.24, 2.45) is 0 Å². The largest absolute Gasteiger partial charge is 0.337 e. The molecule has 2 amide bonds. The van der Waals surface area contributed by atoms with Crippen LogP contribution < -0.4 is 0 Å². The van der Waals surface area contributed by atoms with Crippen LogP contribution >= 0.6 is 0 Å². The molecular formula is C14H18N2O2. The molecule has 0 radical (unpaired) electrons. The third-order valence-corrected chi connectivity index (χ3v) is 3.34. The number of nitrogens with zero attached hydrogens (tertiary/aromatic N) is 2. The minimum atomic E-state index is 0.0469. The van der Waals surface area contributed by atoms with Crippen LogP contribution in [0.15, 0.2) is 30.3 Å². The Labute approximate surface area is 107 Å². The lowest BCUT2D eigenvalue weighted by Gasteiger charge is -2.39. The summed E-state index contributed by atoms with van der Waals surface area (Å²) in [7, 11) is 0. The van der Waals surface area contributed by atoms with E-state index in [9.17, 15) is 9.59 Å². The van der Waals surface area contributed by atoms with Crippen molar-refractivity contribution in [3.8, 4) is 0 Å². The minimum absolute atomic E-state index is 0.0469. The average molecular weight is 246 g/mol. The highest BCUT2D eigenvalue weighted by atomic mass is 16.2. The molecule has 1 fully saturated rings. The molecule has 1 aliphatic heterocycles. The first-order valence-corrected chi connectivity index (χ1v) is 6.21. The van der Waals surface area contributed by atoms with Crippen LogP contribution in [0.4, 0.5) is 0 Å².